The quantitative estimate of drug-likeness (QED) is 0.675. The fourth-order valence-electron chi connectivity index (χ4n) is 2.02. The van der Waals surface area contributed by atoms with Crippen molar-refractivity contribution in [3.05, 3.63) is 72.4 Å². The van der Waals surface area contributed by atoms with Crippen molar-refractivity contribution in [3.8, 4) is 22.4 Å². The first kappa shape index (κ1) is 12.2. The first-order valence-corrected chi connectivity index (χ1v) is 6.31. The predicted octanol–water partition coefficient (Wildman–Crippen LogP) is 3.62. The van der Waals surface area contributed by atoms with Crippen LogP contribution in [0.5, 0.6) is 0 Å². The maximum absolute atomic E-state index is 10.6. The summed E-state index contributed by atoms with van der Waals surface area (Å²) >= 11 is 0. The third-order valence-corrected chi connectivity index (χ3v) is 3.09. The Morgan fingerprint density at radius 3 is 1.90 bits per heavy atom. The molecule has 3 aromatic rings. The zero-order valence-corrected chi connectivity index (χ0v) is 10.7. The van der Waals surface area contributed by atoms with Crippen LogP contribution in [0.25, 0.3) is 22.4 Å². The fourth-order valence-corrected chi connectivity index (χ4v) is 2.02. The highest BCUT2D eigenvalue weighted by atomic mass is 16.1. The number of benzene rings is 2. The molecule has 0 aliphatic heterocycles. The molecule has 96 valence electrons. The molecule has 1 heterocycles. The van der Waals surface area contributed by atoms with Gasteiger partial charge in [0.05, 0.1) is 5.69 Å². The molecule has 20 heavy (non-hydrogen) atoms. The number of hydrogen-bond acceptors (Lipinski definition) is 3. The summed E-state index contributed by atoms with van der Waals surface area (Å²) in [4.78, 5) is 10.6. The van der Waals surface area contributed by atoms with Gasteiger partial charge in [-0.05, 0) is 23.3 Å². The van der Waals surface area contributed by atoms with Crippen molar-refractivity contribution in [1.82, 2.24) is 10.2 Å². The van der Waals surface area contributed by atoms with Crippen molar-refractivity contribution in [2.75, 3.05) is 0 Å². The average Bonchev–Trinajstić information content (AvgIpc) is 2.56. The first-order valence-electron chi connectivity index (χ1n) is 6.31. The van der Waals surface area contributed by atoms with Gasteiger partial charge in [-0.25, -0.2) is 0 Å². The van der Waals surface area contributed by atoms with E-state index in [1.54, 1.807) is 12.1 Å². The Morgan fingerprint density at radius 2 is 1.30 bits per heavy atom. The standard InChI is InChI=1S/C17H12N2O/c20-12-16-10-11-17(19-18-16)15-8-6-14(7-9-15)13-4-2-1-3-5-13/h1-12H. The van der Waals surface area contributed by atoms with Gasteiger partial charge in [0, 0.05) is 5.56 Å². The second-order valence-corrected chi connectivity index (χ2v) is 4.40. The fraction of sp³-hybridized carbons (Fsp3) is 0. The second kappa shape index (κ2) is 5.45. The number of aldehydes is 1. The van der Waals surface area contributed by atoms with Crippen LogP contribution in [0.4, 0.5) is 0 Å². The SMILES string of the molecule is O=Cc1ccc(-c2ccc(-c3ccccc3)cc2)nn1. The third kappa shape index (κ3) is 2.47. The van der Waals surface area contributed by atoms with Crippen LogP contribution in [0.2, 0.25) is 0 Å². The Bertz CT molecular complexity index is 704. The van der Waals surface area contributed by atoms with E-state index in [1.807, 2.05) is 30.3 Å². The molecule has 1 aromatic heterocycles. The van der Waals surface area contributed by atoms with Crippen molar-refractivity contribution >= 4 is 6.29 Å². The highest BCUT2D eigenvalue weighted by Crippen LogP contribution is 2.23. The van der Waals surface area contributed by atoms with Crippen LogP contribution in [-0.2, 0) is 0 Å². The summed E-state index contributed by atoms with van der Waals surface area (Å²) < 4.78 is 0. The Hall–Kier alpha value is -2.81. The zero-order valence-electron chi connectivity index (χ0n) is 10.7. The van der Waals surface area contributed by atoms with E-state index in [0.717, 1.165) is 16.8 Å². The Labute approximate surface area is 116 Å². The van der Waals surface area contributed by atoms with Crippen molar-refractivity contribution in [2.45, 2.75) is 0 Å². The third-order valence-electron chi connectivity index (χ3n) is 3.09. The van der Waals surface area contributed by atoms with Gasteiger partial charge in [0.2, 0.25) is 0 Å². The molecule has 0 spiro atoms. The van der Waals surface area contributed by atoms with Crippen molar-refractivity contribution in [2.24, 2.45) is 0 Å². The minimum Gasteiger partial charge on any atom is -0.296 e. The van der Waals surface area contributed by atoms with Gasteiger partial charge in [-0.15, -0.1) is 10.2 Å². The first-order chi connectivity index (χ1) is 9.86. The maximum atomic E-state index is 10.6. The molecule has 0 unspecified atom stereocenters. The van der Waals surface area contributed by atoms with Crippen LogP contribution in [0.3, 0.4) is 0 Å². The minimum absolute atomic E-state index is 0.342. The second-order valence-electron chi connectivity index (χ2n) is 4.40. The predicted molar refractivity (Wildman–Crippen MR) is 78.3 cm³/mol. The summed E-state index contributed by atoms with van der Waals surface area (Å²) in [6.45, 7) is 0. The molecule has 0 aliphatic carbocycles. The lowest BCUT2D eigenvalue weighted by Gasteiger charge is -2.04. The van der Waals surface area contributed by atoms with Crippen molar-refractivity contribution in [1.29, 1.82) is 0 Å². The molecule has 0 aliphatic rings. The molecule has 3 rings (SSSR count). The number of rotatable bonds is 3. The minimum atomic E-state index is 0.342. The molecule has 2 aromatic carbocycles. The van der Waals surface area contributed by atoms with E-state index < -0.39 is 0 Å². The highest BCUT2D eigenvalue weighted by Gasteiger charge is 2.02. The Kier molecular flexibility index (Phi) is 3.33. The van der Waals surface area contributed by atoms with Gasteiger partial charge in [-0.2, -0.15) is 0 Å². The van der Waals surface area contributed by atoms with Gasteiger partial charge in [-0.1, -0.05) is 54.6 Å². The zero-order chi connectivity index (χ0) is 13.8. The smallest absolute Gasteiger partial charge is 0.170 e. The number of carbonyl (C=O) groups excluding carboxylic acids is 1. The van der Waals surface area contributed by atoms with Gasteiger partial charge in [-0.3, -0.25) is 4.79 Å². The van der Waals surface area contributed by atoms with Gasteiger partial charge in [0.15, 0.2) is 6.29 Å². The summed E-state index contributed by atoms with van der Waals surface area (Å²) in [5, 5.41) is 7.88. The molecule has 3 heteroatoms. The lowest BCUT2D eigenvalue weighted by molar-refractivity contribution is 0.111. The molecule has 0 N–H and O–H groups in total. The largest absolute Gasteiger partial charge is 0.296 e. The van der Waals surface area contributed by atoms with Crippen LogP contribution >= 0.6 is 0 Å². The molecule has 0 fully saturated rings. The van der Waals surface area contributed by atoms with Crippen molar-refractivity contribution < 1.29 is 4.79 Å². The van der Waals surface area contributed by atoms with Crippen LogP contribution in [0.15, 0.2) is 66.7 Å². The molecular weight excluding hydrogens is 248 g/mol. The van der Waals surface area contributed by atoms with Crippen LogP contribution in [0, 0.1) is 0 Å². The van der Waals surface area contributed by atoms with E-state index in [9.17, 15) is 4.79 Å². The van der Waals surface area contributed by atoms with E-state index in [1.165, 1.54) is 5.56 Å². The Balaban J connectivity index is 1.91. The summed E-state index contributed by atoms with van der Waals surface area (Å²) in [6, 6.07) is 21.8. The molecule has 0 amide bonds. The summed E-state index contributed by atoms with van der Waals surface area (Å²) in [6.07, 6.45) is 0.690. The van der Waals surface area contributed by atoms with Gasteiger partial charge in [0.25, 0.3) is 0 Å². The van der Waals surface area contributed by atoms with E-state index in [2.05, 4.69) is 34.5 Å². The number of aromatic nitrogens is 2. The highest BCUT2D eigenvalue weighted by molar-refractivity contribution is 5.73. The van der Waals surface area contributed by atoms with E-state index >= 15 is 0 Å². The van der Waals surface area contributed by atoms with Gasteiger partial charge < -0.3 is 0 Å². The van der Waals surface area contributed by atoms with Crippen LogP contribution < -0.4 is 0 Å². The van der Waals surface area contributed by atoms with E-state index in [-0.39, 0.29) is 0 Å². The molecular formula is C17H12N2O. The molecule has 0 saturated heterocycles. The topological polar surface area (TPSA) is 42.9 Å². The summed E-state index contributed by atoms with van der Waals surface area (Å²) in [5.41, 5.74) is 4.42. The monoisotopic (exact) mass is 260 g/mol. The van der Waals surface area contributed by atoms with Gasteiger partial charge in [0.1, 0.15) is 5.69 Å². The number of hydrogen-bond donors (Lipinski definition) is 0. The Morgan fingerprint density at radius 1 is 0.650 bits per heavy atom. The molecule has 3 nitrogen and oxygen atoms in total. The normalized spacial score (nSPS) is 10.2. The number of carbonyl (C=O) groups is 1. The van der Waals surface area contributed by atoms with Crippen LogP contribution in [0.1, 0.15) is 10.5 Å². The summed E-state index contributed by atoms with van der Waals surface area (Å²) in [5.74, 6) is 0. The lowest BCUT2D eigenvalue weighted by Crippen LogP contribution is -1.92. The molecule has 0 bridgehead atoms. The number of nitrogens with zero attached hydrogens (tertiary/aromatic N) is 2. The maximum Gasteiger partial charge on any atom is 0.170 e. The molecule has 0 radical (unpaired) electrons. The van der Waals surface area contributed by atoms with Gasteiger partial charge >= 0.3 is 0 Å². The molecule has 0 saturated carbocycles. The van der Waals surface area contributed by atoms with E-state index in [0.29, 0.717) is 12.0 Å². The lowest BCUT2D eigenvalue weighted by atomic mass is 10.0. The van der Waals surface area contributed by atoms with E-state index in [4.69, 9.17) is 0 Å². The van der Waals surface area contributed by atoms with Crippen LogP contribution in [-0.4, -0.2) is 16.5 Å². The average molecular weight is 260 g/mol. The summed E-state index contributed by atoms with van der Waals surface area (Å²) in [7, 11) is 0. The molecule has 0 atom stereocenters. The van der Waals surface area contributed by atoms with Crippen molar-refractivity contribution in [3.63, 3.8) is 0 Å².